The molecule has 128 valence electrons. The van der Waals surface area contributed by atoms with Gasteiger partial charge >= 0.3 is 5.69 Å². The number of aliphatic hydroxyl groups excluding tert-OH is 1. The lowest BCUT2D eigenvalue weighted by Crippen LogP contribution is -2.57. The zero-order chi connectivity index (χ0) is 17.4. The van der Waals surface area contributed by atoms with Crippen LogP contribution in [0.5, 0.6) is 0 Å². The first-order valence-electron chi connectivity index (χ1n) is 8.07. The minimum absolute atomic E-state index is 0.0247. The molecule has 1 aliphatic rings. The van der Waals surface area contributed by atoms with E-state index in [9.17, 15) is 4.79 Å². The van der Waals surface area contributed by atoms with Crippen LogP contribution in [0.4, 0.5) is 5.82 Å². The van der Waals surface area contributed by atoms with Crippen molar-refractivity contribution in [3.05, 3.63) is 64.0 Å². The molecule has 6 nitrogen and oxygen atoms in total. The van der Waals surface area contributed by atoms with Crippen molar-refractivity contribution in [2.24, 2.45) is 0 Å². The largest absolute Gasteiger partial charge is 0.381 e. The molecule has 1 saturated heterocycles. The van der Waals surface area contributed by atoms with E-state index >= 15 is 0 Å². The van der Waals surface area contributed by atoms with Crippen LogP contribution in [0.15, 0.2) is 53.3 Å². The first-order valence-corrected chi connectivity index (χ1v) is 8.45. The quantitative estimate of drug-likeness (QED) is 0.701. The van der Waals surface area contributed by atoms with Crippen LogP contribution in [0.1, 0.15) is 6.42 Å². The fraction of sp³-hybridized carbons (Fsp3) is 0.222. The molecule has 1 atom stereocenters. The van der Waals surface area contributed by atoms with Crippen LogP contribution in [0.2, 0.25) is 5.02 Å². The number of benzene rings is 2. The van der Waals surface area contributed by atoms with Gasteiger partial charge < -0.3 is 10.0 Å². The Hall–Kier alpha value is -2.41. The summed E-state index contributed by atoms with van der Waals surface area (Å²) in [6.45, 7) is 0.656. The Bertz CT molecular complexity index is 974. The van der Waals surface area contributed by atoms with Crippen LogP contribution in [0.25, 0.3) is 16.6 Å². The van der Waals surface area contributed by atoms with Crippen molar-refractivity contribution in [1.29, 1.82) is 0 Å². The molecule has 0 amide bonds. The molecule has 1 unspecified atom stereocenters. The number of aromatic nitrogens is 2. The van der Waals surface area contributed by atoms with E-state index in [4.69, 9.17) is 16.7 Å². The molecule has 0 radical (unpaired) electrons. The van der Waals surface area contributed by atoms with E-state index in [2.05, 4.69) is 10.3 Å². The van der Waals surface area contributed by atoms with Crippen LogP contribution in [0.3, 0.4) is 0 Å². The van der Waals surface area contributed by atoms with E-state index < -0.39 is 0 Å². The molecule has 1 aliphatic heterocycles. The summed E-state index contributed by atoms with van der Waals surface area (Å²) in [5.74, 6) is 0.612. The highest BCUT2D eigenvalue weighted by molar-refractivity contribution is 6.31. The summed E-state index contributed by atoms with van der Waals surface area (Å²) < 4.78 is 1.57. The van der Waals surface area contributed by atoms with Crippen molar-refractivity contribution in [2.75, 3.05) is 18.2 Å². The van der Waals surface area contributed by atoms with Crippen LogP contribution in [-0.2, 0) is 0 Å². The summed E-state index contributed by atoms with van der Waals surface area (Å²) >= 11 is 6.19. The highest BCUT2D eigenvalue weighted by Crippen LogP contribution is 2.31. The second-order valence-electron chi connectivity index (χ2n) is 5.91. The van der Waals surface area contributed by atoms with Gasteiger partial charge in [0.05, 0.1) is 24.1 Å². The molecule has 2 N–H and O–H groups in total. The van der Waals surface area contributed by atoms with Crippen molar-refractivity contribution in [1.82, 2.24) is 14.9 Å². The van der Waals surface area contributed by atoms with Gasteiger partial charge in [-0.05, 0) is 36.8 Å². The van der Waals surface area contributed by atoms with Crippen LogP contribution in [0, 0.1) is 0 Å². The van der Waals surface area contributed by atoms with Crippen LogP contribution in [-0.4, -0.2) is 34.1 Å². The number of fused-ring (bicyclic) bond motifs is 1. The van der Waals surface area contributed by atoms with Crippen LogP contribution < -0.4 is 15.9 Å². The Labute approximate surface area is 149 Å². The van der Waals surface area contributed by atoms with Gasteiger partial charge in [-0.1, -0.05) is 29.8 Å². The molecule has 25 heavy (non-hydrogen) atoms. The maximum Gasteiger partial charge on any atom is 0.354 e. The lowest BCUT2D eigenvalue weighted by atomic mass is 10.1. The van der Waals surface area contributed by atoms with Crippen molar-refractivity contribution in [2.45, 2.75) is 12.6 Å². The first kappa shape index (κ1) is 16.1. The van der Waals surface area contributed by atoms with Gasteiger partial charge in [-0.15, -0.1) is 0 Å². The number of anilines is 1. The first-order chi connectivity index (χ1) is 12.2. The zero-order valence-electron chi connectivity index (χ0n) is 13.4. The fourth-order valence-corrected chi connectivity index (χ4v) is 3.35. The zero-order valence-corrected chi connectivity index (χ0v) is 14.1. The maximum absolute atomic E-state index is 12.8. The van der Waals surface area contributed by atoms with Crippen molar-refractivity contribution >= 4 is 28.3 Å². The molecular formula is C18H17ClN4O2. The lowest BCUT2D eigenvalue weighted by molar-refractivity contribution is 0.216. The van der Waals surface area contributed by atoms with Gasteiger partial charge in [-0.25, -0.2) is 4.79 Å². The van der Waals surface area contributed by atoms with Crippen molar-refractivity contribution in [3.8, 4) is 5.69 Å². The molecule has 7 heteroatoms. The molecule has 0 spiro atoms. The van der Waals surface area contributed by atoms with Gasteiger partial charge in [0.2, 0.25) is 0 Å². The Balaban J connectivity index is 1.95. The van der Waals surface area contributed by atoms with E-state index in [1.165, 1.54) is 0 Å². The highest BCUT2D eigenvalue weighted by atomic mass is 35.5. The number of hydrogen-bond donors (Lipinski definition) is 2. The normalized spacial score (nSPS) is 16.9. The number of aliphatic hydroxyl groups is 1. The monoisotopic (exact) mass is 356 g/mol. The number of hydrogen-bond acceptors (Lipinski definition) is 5. The summed E-state index contributed by atoms with van der Waals surface area (Å²) in [5.41, 5.74) is 1.10. The minimum Gasteiger partial charge on any atom is -0.381 e. The highest BCUT2D eigenvalue weighted by Gasteiger charge is 2.30. The van der Waals surface area contributed by atoms with Gasteiger partial charge in [0.25, 0.3) is 0 Å². The Kier molecular flexibility index (Phi) is 4.17. The van der Waals surface area contributed by atoms with E-state index in [1.807, 2.05) is 41.3 Å². The van der Waals surface area contributed by atoms with Gasteiger partial charge in [0, 0.05) is 17.0 Å². The Morgan fingerprint density at radius 1 is 1.24 bits per heavy atom. The molecule has 0 bridgehead atoms. The average Bonchev–Trinajstić information content (AvgIpc) is 2.59. The Morgan fingerprint density at radius 2 is 2.04 bits per heavy atom. The van der Waals surface area contributed by atoms with E-state index in [0.717, 1.165) is 24.0 Å². The standard InChI is InChI=1S/C18H17ClN4O2/c19-12-6-7-14-15(10-12)23(13-4-2-1-3-5-13)18(25)21-17(14)22-9-8-16(22)20-11-24/h1-7,10,16,20,24H,8-9,11H2. The fourth-order valence-electron chi connectivity index (χ4n) is 3.19. The molecule has 0 aliphatic carbocycles. The summed E-state index contributed by atoms with van der Waals surface area (Å²) in [4.78, 5) is 19.1. The van der Waals surface area contributed by atoms with Gasteiger partial charge in [-0.3, -0.25) is 9.88 Å². The van der Waals surface area contributed by atoms with Gasteiger partial charge in [0.1, 0.15) is 5.82 Å². The Morgan fingerprint density at radius 3 is 2.72 bits per heavy atom. The lowest BCUT2D eigenvalue weighted by Gasteiger charge is -2.42. The summed E-state index contributed by atoms with van der Waals surface area (Å²) in [5, 5.41) is 13.5. The number of rotatable bonds is 4. The summed E-state index contributed by atoms with van der Waals surface area (Å²) in [6, 6.07) is 14.8. The molecule has 1 aromatic heterocycles. The second-order valence-corrected chi connectivity index (χ2v) is 6.35. The summed E-state index contributed by atoms with van der Waals surface area (Å²) in [6.07, 6.45) is 0.863. The number of nitrogens with one attached hydrogen (secondary N) is 1. The smallest absolute Gasteiger partial charge is 0.354 e. The average molecular weight is 357 g/mol. The van der Waals surface area contributed by atoms with Crippen molar-refractivity contribution in [3.63, 3.8) is 0 Å². The van der Waals surface area contributed by atoms with E-state index in [0.29, 0.717) is 16.4 Å². The molecule has 3 aromatic rings. The van der Waals surface area contributed by atoms with Crippen LogP contribution >= 0.6 is 11.6 Å². The SMILES string of the molecule is O=c1nc(N2CCC2NCO)c2ccc(Cl)cc2n1-c1ccccc1. The van der Waals surface area contributed by atoms with E-state index in [1.54, 1.807) is 16.7 Å². The third kappa shape index (κ3) is 2.78. The molecule has 2 heterocycles. The third-order valence-corrected chi connectivity index (χ3v) is 4.70. The molecule has 0 saturated carbocycles. The van der Waals surface area contributed by atoms with Crippen molar-refractivity contribution < 1.29 is 5.11 Å². The minimum atomic E-state index is -0.356. The molecule has 2 aromatic carbocycles. The number of para-hydroxylation sites is 1. The topological polar surface area (TPSA) is 70.4 Å². The third-order valence-electron chi connectivity index (χ3n) is 4.47. The second kappa shape index (κ2) is 6.48. The molecule has 4 rings (SSSR count). The summed E-state index contributed by atoms with van der Waals surface area (Å²) in [7, 11) is 0. The predicted octanol–water partition coefficient (Wildman–Crippen LogP) is 2.11. The maximum atomic E-state index is 12.8. The molecular weight excluding hydrogens is 340 g/mol. The molecule has 1 fully saturated rings. The van der Waals surface area contributed by atoms with Gasteiger partial charge in [0.15, 0.2) is 0 Å². The number of nitrogens with zero attached hydrogens (tertiary/aromatic N) is 3. The predicted molar refractivity (Wildman–Crippen MR) is 98.3 cm³/mol. The van der Waals surface area contributed by atoms with E-state index in [-0.39, 0.29) is 18.6 Å². The van der Waals surface area contributed by atoms with Gasteiger partial charge in [-0.2, -0.15) is 4.98 Å². The number of halogens is 1.